The lowest BCUT2D eigenvalue weighted by atomic mass is 9.84. The lowest BCUT2D eigenvalue weighted by molar-refractivity contribution is -0.144. The molecule has 0 aromatic heterocycles. The van der Waals surface area contributed by atoms with Gasteiger partial charge in [-0.3, -0.25) is 9.59 Å². The Kier molecular flexibility index (Phi) is 4.02. The van der Waals surface area contributed by atoms with Crippen LogP contribution in [0.4, 0.5) is 0 Å². The molecule has 0 spiro atoms. The number of rotatable bonds is 4. The van der Waals surface area contributed by atoms with Crippen molar-refractivity contribution in [3.05, 3.63) is 34.3 Å². The average molecular weight is 352 g/mol. The quantitative estimate of drug-likeness (QED) is 0.876. The maximum absolute atomic E-state index is 12.2. The zero-order valence-electron chi connectivity index (χ0n) is 11.6. The average Bonchev–Trinajstić information content (AvgIpc) is 2.99. The van der Waals surface area contributed by atoms with Gasteiger partial charge in [0.1, 0.15) is 0 Å². The van der Waals surface area contributed by atoms with Gasteiger partial charge in [-0.2, -0.15) is 0 Å². The Morgan fingerprint density at radius 1 is 1.29 bits per heavy atom. The van der Waals surface area contributed by atoms with Crippen molar-refractivity contribution in [1.29, 1.82) is 0 Å². The first-order valence-electron chi connectivity index (χ1n) is 7.31. The summed E-state index contributed by atoms with van der Waals surface area (Å²) in [7, 11) is 0. The molecule has 2 saturated carbocycles. The molecule has 2 aliphatic rings. The summed E-state index contributed by atoms with van der Waals surface area (Å²) in [4.78, 5) is 23.6. The van der Waals surface area contributed by atoms with Gasteiger partial charge < -0.3 is 10.4 Å². The third-order valence-corrected chi connectivity index (χ3v) is 5.28. The predicted octanol–water partition coefficient (Wildman–Crippen LogP) is 2.61. The van der Waals surface area contributed by atoms with Crippen LogP contribution in [0.5, 0.6) is 0 Å². The van der Waals surface area contributed by atoms with E-state index in [0.717, 1.165) is 29.3 Å². The number of hydrogen-bond acceptors (Lipinski definition) is 2. The molecular weight excluding hydrogens is 334 g/mol. The van der Waals surface area contributed by atoms with Crippen LogP contribution in [0.25, 0.3) is 0 Å². The SMILES string of the molecule is O=C(Cc1cccc(Br)c1)NC1C2CCC(C2)C1C(=O)O. The summed E-state index contributed by atoms with van der Waals surface area (Å²) in [6.07, 6.45) is 3.26. The van der Waals surface area contributed by atoms with E-state index in [4.69, 9.17) is 0 Å². The van der Waals surface area contributed by atoms with Crippen molar-refractivity contribution in [1.82, 2.24) is 5.32 Å². The lowest BCUT2D eigenvalue weighted by Gasteiger charge is -2.28. The Morgan fingerprint density at radius 2 is 2.05 bits per heavy atom. The van der Waals surface area contributed by atoms with Crippen LogP contribution in [0.1, 0.15) is 24.8 Å². The maximum atomic E-state index is 12.2. The van der Waals surface area contributed by atoms with Crippen LogP contribution in [-0.2, 0) is 16.0 Å². The maximum Gasteiger partial charge on any atom is 0.308 e. The number of carbonyl (C=O) groups excluding carboxylic acids is 1. The second-order valence-corrected chi connectivity index (χ2v) is 7.01. The molecule has 2 N–H and O–H groups in total. The lowest BCUT2D eigenvalue weighted by Crippen LogP contribution is -2.47. The fraction of sp³-hybridized carbons (Fsp3) is 0.500. The molecule has 1 amide bonds. The molecule has 112 valence electrons. The minimum atomic E-state index is -0.769. The molecule has 21 heavy (non-hydrogen) atoms. The molecule has 0 radical (unpaired) electrons. The molecule has 3 rings (SSSR count). The first-order valence-corrected chi connectivity index (χ1v) is 8.10. The highest BCUT2D eigenvalue weighted by Gasteiger charge is 2.51. The fourth-order valence-corrected chi connectivity index (χ4v) is 4.37. The van der Waals surface area contributed by atoms with Crippen LogP contribution in [0.3, 0.4) is 0 Å². The van der Waals surface area contributed by atoms with E-state index in [0.29, 0.717) is 12.3 Å². The topological polar surface area (TPSA) is 66.4 Å². The van der Waals surface area contributed by atoms with Crippen molar-refractivity contribution in [2.45, 2.75) is 31.7 Å². The van der Waals surface area contributed by atoms with E-state index in [9.17, 15) is 14.7 Å². The molecule has 0 aliphatic heterocycles. The number of fused-ring (bicyclic) bond motifs is 2. The van der Waals surface area contributed by atoms with Crippen LogP contribution in [0.15, 0.2) is 28.7 Å². The van der Waals surface area contributed by atoms with Crippen LogP contribution in [-0.4, -0.2) is 23.0 Å². The molecule has 1 aromatic rings. The van der Waals surface area contributed by atoms with E-state index in [1.807, 2.05) is 24.3 Å². The minimum absolute atomic E-state index is 0.0862. The van der Waals surface area contributed by atoms with Crippen LogP contribution >= 0.6 is 15.9 Å². The summed E-state index contributed by atoms with van der Waals surface area (Å²) in [6.45, 7) is 0. The number of aliphatic carboxylic acids is 1. The molecule has 2 fully saturated rings. The Bertz CT molecular complexity index is 574. The van der Waals surface area contributed by atoms with Gasteiger partial charge in [-0.05, 0) is 48.8 Å². The van der Waals surface area contributed by atoms with Gasteiger partial charge >= 0.3 is 5.97 Å². The van der Waals surface area contributed by atoms with E-state index in [1.54, 1.807) is 0 Å². The third kappa shape index (κ3) is 2.98. The van der Waals surface area contributed by atoms with Gasteiger partial charge in [0.05, 0.1) is 12.3 Å². The molecule has 0 heterocycles. The summed E-state index contributed by atoms with van der Waals surface area (Å²) in [5, 5.41) is 12.4. The van der Waals surface area contributed by atoms with Gasteiger partial charge in [0.2, 0.25) is 5.91 Å². The molecular formula is C16H18BrNO3. The van der Waals surface area contributed by atoms with Crippen molar-refractivity contribution < 1.29 is 14.7 Å². The van der Waals surface area contributed by atoms with Crippen molar-refractivity contribution in [3.8, 4) is 0 Å². The largest absolute Gasteiger partial charge is 0.481 e. The summed E-state index contributed by atoms with van der Waals surface area (Å²) in [5.74, 6) is -0.687. The van der Waals surface area contributed by atoms with Crippen LogP contribution < -0.4 is 5.32 Å². The van der Waals surface area contributed by atoms with E-state index in [1.165, 1.54) is 0 Å². The van der Waals surface area contributed by atoms with E-state index in [2.05, 4.69) is 21.2 Å². The number of carboxylic acids is 1. The second-order valence-electron chi connectivity index (χ2n) is 6.10. The second kappa shape index (κ2) is 5.79. The minimum Gasteiger partial charge on any atom is -0.481 e. The predicted molar refractivity (Wildman–Crippen MR) is 81.7 cm³/mol. The summed E-state index contributed by atoms with van der Waals surface area (Å²) < 4.78 is 0.941. The number of hydrogen-bond donors (Lipinski definition) is 2. The number of nitrogens with one attached hydrogen (secondary N) is 1. The van der Waals surface area contributed by atoms with Gasteiger partial charge in [0, 0.05) is 10.5 Å². The fourth-order valence-electron chi connectivity index (χ4n) is 3.92. The van der Waals surface area contributed by atoms with Crippen LogP contribution in [0, 0.1) is 17.8 Å². The monoisotopic (exact) mass is 351 g/mol. The molecule has 0 saturated heterocycles. The molecule has 1 aromatic carbocycles. The molecule has 5 heteroatoms. The van der Waals surface area contributed by atoms with Gasteiger partial charge in [-0.15, -0.1) is 0 Å². The number of benzene rings is 1. The Morgan fingerprint density at radius 3 is 2.76 bits per heavy atom. The first kappa shape index (κ1) is 14.6. The van der Waals surface area contributed by atoms with Gasteiger partial charge in [0.25, 0.3) is 0 Å². The zero-order chi connectivity index (χ0) is 15.0. The normalized spacial score (nSPS) is 30.3. The summed E-state index contributed by atoms with van der Waals surface area (Å²) in [5.41, 5.74) is 0.928. The van der Waals surface area contributed by atoms with E-state index >= 15 is 0 Å². The van der Waals surface area contributed by atoms with E-state index < -0.39 is 11.9 Å². The van der Waals surface area contributed by atoms with Crippen molar-refractivity contribution >= 4 is 27.8 Å². The van der Waals surface area contributed by atoms with Gasteiger partial charge in [-0.25, -0.2) is 0 Å². The highest BCUT2D eigenvalue weighted by atomic mass is 79.9. The Balaban J connectivity index is 1.65. The molecule has 4 atom stereocenters. The molecule has 2 aliphatic carbocycles. The summed E-state index contributed by atoms with van der Waals surface area (Å²) in [6, 6.07) is 7.43. The van der Waals surface area contributed by atoms with Crippen molar-refractivity contribution in [2.75, 3.05) is 0 Å². The van der Waals surface area contributed by atoms with E-state index in [-0.39, 0.29) is 17.9 Å². The first-order chi connectivity index (χ1) is 10.0. The number of amides is 1. The molecule has 2 bridgehead atoms. The standard InChI is InChI=1S/C16H18BrNO3/c17-12-3-1-2-9(6-12)7-13(19)18-15-11-5-4-10(8-11)14(15)16(20)21/h1-3,6,10-11,14-15H,4-5,7-8H2,(H,18,19)(H,20,21). The van der Waals surface area contributed by atoms with Gasteiger partial charge in [0.15, 0.2) is 0 Å². The smallest absolute Gasteiger partial charge is 0.308 e. The highest BCUT2D eigenvalue weighted by molar-refractivity contribution is 9.10. The zero-order valence-corrected chi connectivity index (χ0v) is 13.2. The Hall–Kier alpha value is -1.36. The molecule has 4 nitrogen and oxygen atoms in total. The summed E-state index contributed by atoms with van der Waals surface area (Å²) >= 11 is 3.39. The Labute approximate surface area is 132 Å². The van der Waals surface area contributed by atoms with Crippen LogP contribution in [0.2, 0.25) is 0 Å². The third-order valence-electron chi connectivity index (χ3n) is 4.78. The number of halogens is 1. The van der Waals surface area contributed by atoms with Gasteiger partial charge in [-0.1, -0.05) is 28.1 Å². The van der Waals surface area contributed by atoms with Crippen molar-refractivity contribution in [2.24, 2.45) is 17.8 Å². The van der Waals surface area contributed by atoms with Crippen molar-refractivity contribution in [3.63, 3.8) is 0 Å². The highest BCUT2D eigenvalue weighted by Crippen LogP contribution is 2.48. The number of carboxylic acid groups (broad SMARTS) is 1. The molecule has 4 unspecified atom stereocenters. The number of carbonyl (C=O) groups is 2.